The molecule has 1 heterocycles. The molecule has 88 valence electrons. The molecule has 0 saturated carbocycles. The van der Waals surface area contributed by atoms with Crippen molar-refractivity contribution >= 4 is 33.3 Å². The maximum atomic E-state index is 5.93. The molecule has 4 heteroatoms. The van der Waals surface area contributed by atoms with Crippen LogP contribution in [0.3, 0.4) is 0 Å². The molecule has 0 unspecified atom stereocenters. The fraction of sp³-hybridized carbons (Fsp3) is 0.154. The highest BCUT2D eigenvalue weighted by atomic mass is 79.9. The van der Waals surface area contributed by atoms with Crippen LogP contribution in [0.25, 0.3) is 0 Å². The highest BCUT2D eigenvalue weighted by Crippen LogP contribution is 2.21. The summed E-state index contributed by atoms with van der Waals surface area (Å²) in [5, 5.41) is 4.02. The summed E-state index contributed by atoms with van der Waals surface area (Å²) < 4.78 is 0.972. The standard InChI is InChI=1S/C13H12BrClN2/c1-9-5-12(14)13(16-7-9)17-8-10-3-2-4-11(15)6-10/h2-7H,8H2,1H3,(H,16,17). The third-order valence-corrected chi connectivity index (χ3v) is 3.17. The van der Waals surface area contributed by atoms with Crippen molar-refractivity contribution in [2.24, 2.45) is 0 Å². The van der Waals surface area contributed by atoms with Gasteiger partial charge >= 0.3 is 0 Å². The van der Waals surface area contributed by atoms with Crippen LogP contribution in [0, 0.1) is 6.92 Å². The number of nitrogens with one attached hydrogen (secondary N) is 1. The van der Waals surface area contributed by atoms with E-state index >= 15 is 0 Å². The minimum absolute atomic E-state index is 0.704. The first-order valence-corrected chi connectivity index (χ1v) is 6.43. The highest BCUT2D eigenvalue weighted by molar-refractivity contribution is 9.10. The van der Waals surface area contributed by atoms with Gasteiger partial charge in [0.25, 0.3) is 0 Å². The average Bonchev–Trinajstić information content (AvgIpc) is 2.28. The quantitative estimate of drug-likeness (QED) is 0.907. The van der Waals surface area contributed by atoms with Gasteiger partial charge in [-0.05, 0) is 52.2 Å². The van der Waals surface area contributed by atoms with E-state index in [1.807, 2.05) is 43.5 Å². The number of hydrogen-bond acceptors (Lipinski definition) is 2. The summed E-state index contributed by atoms with van der Waals surface area (Å²) in [4.78, 5) is 4.32. The summed E-state index contributed by atoms with van der Waals surface area (Å²) in [5.74, 6) is 0.843. The van der Waals surface area contributed by atoms with Crippen LogP contribution in [0.1, 0.15) is 11.1 Å². The van der Waals surface area contributed by atoms with Crippen molar-refractivity contribution in [1.29, 1.82) is 0 Å². The molecule has 0 fully saturated rings. The zero-order chi connectivity index (χ0) is 12.3. The Morgan fingerprint density at radius 3 is 2.88 bits per heavy atom. The zero-order valence-corrected chi connectivity index (χ0v) is 11.7. The Hall–Kier alpha value is -1.06. The zero-order valence-electron chi connectivity index (χ0n) is 9.37. The molecule has 2 rings (SSSR count). The molecule has 1 aromatic carbocycles. The summed E-state index contributed by atoms with van der Waals surface area (Å²) in [5.41, 5.74) is 2.26. The first-order chi connectivity index (χ1) is 8.15. The topological polar surface area (TPSA) is 24.9 Å². The fourth-order valence-corrected chi connectivity index (χ4v) is 2.31. The van der Waals surface area contributed by atoms with E-state index in [0.29, 0.717) is 6.54 Å². The van der Waals surface area contributed by atoms with Crippen molar-refractivity contribution in [2.45, 2.75) is 13.5 Å². The molecule has 0 radical (unpaired) electrons. The van der Waals surface area contributed by atoms with Gasteiger partial charge in [0.2, 0.25) is 0 Å². The van der Waals surface area contributed by atoms with E-state index < -0.39 is 0 Å². The number of anilines is 1. The van der Waals surface area contributed by atoms with Crippen LogP contribution in [0.15, 0.2) is 41.0 Å². The smallest absolute Gasteiger partial charge is 0.140 e. The second kappa shape index (κ2) is 5.52. The van der Waals surface area contributed by atoms with E-state index in [0.717, 1.165) is 26.4 Å². The number of benzene rings is 1. The van der Waals surface area contributed by atoms with Crippen molar-refractivity contribution < 1.29 is 0 Å². The number of halogens is 2. The summed E-state index contributed by atoms with van der Waals surface area (Å²) in [7, 11) is 0. The number of pyridine rings is 1. The van der Waals surface area contributed by atoms with Crippen LogP contribution in [-0.4, -0.2) is 4.98 Å². The number of aryl methyl sites for hydroxylation is 1. The minimum Gasteiger partial charge on any atom is -0.365 e. The Morgan fingerprint density at radius 2 is 2.18 bits per heavy atom. The van der Waals surface area contributed by atoms with E-state index in [1.54, 1.807) is 0 Å². The Kier molecular flexibility index (Phi) is 4.02. The van der Waals surface area contributed by atoms with Gasteiger partial charge in [0.15, 0.2) is 0 Å². The molecule has 0 bridgehead atoms. The predicted molar refractivity (Wildman–Crippen MR) is 75.5 cm³/mol. The largest absolute Gasteiger partial charge is 0.365 e. The van der Waals surface area contributed by atoms with E-state index in [4.69, 9.17) is 11.6 Å². The van der Waals surface area contributed by atoms with E-state index in [1.165, 1.54) is 0 Å². The summed E-state index contributed by atoms with van der Waals surface area (Å²) >= 11 is 9.41. The van der Waals surface area contributed by atoms with Crippen LogP contribution in [-0.2, 0) is 6.54 Å². The highest BCUT2D eigenvalue weighted by Gasteiger charge is 2.01. The predicted octanol–water partition coefficient (Wildman–Crippen LogP) is 4.42. The summed E-state index contributed by atoms with van der Waals surface area (Å²) in [6.07, 6.45) is 1.84. The van der Waals surface area contributed by atoms with Crippen molar-refractivity contribution in [3.63, 3.8) is 0 Å². The second-order valence-electron chi connectivity index (χ2n) is 3.83. The lowest BCUT2D eigenvalue weighted by molar-refractivity contribution is 1.10. The Labute approximate surface area is 114 Å². The van der Waals surface area contributed by atoms with Crippen LogP contribution in [0.4, 0.5) is 5.82 Å². The molecule has 0 saturated heterocycles. The van der Waals surface area contributed by atoms with E-state index in [-0.39, 0.29) is 0 Å². The average molecular weight is 312 g/mol. The number of hydrogen-bond donors (Lipinski definition) is 1. The van der Waals surface area contributed by atoms with Gasteiger partial charge in [0.1, 0.15) is 5.82 Å². The fourth-order valence-electron chi connectivity index (χ4n) is 1.50. The van der Waals surface area contributed by atoms with Gasteiger partial charge in [-0.2, -0.15) is 0 Å². The molecule has 0 spiro atoms. The van der Waals surface area contributed by atoms with Gasteiger partial charge in [0, 0.05) is 17.8 Å². The van der Waals surface area contributed by atoms with Gasteiger partial charge in [-0.15, -0.1) is 0 Å². The third-order valence-electron chi connectivity index (χ3n) is 2.33. The molecule has 0 aliphatic carbocycles. The normalized spacial score (nSPS) is 10.3. The molecule has 0 amide bonds. The van der Waals surface area contributed by atoms with Gasteiger partial charge in [-0.3, -0.25) is 0 Å². The molecule has 17 heavy (non-hydrogen) atoms. The van der Waals surface area contributed by atoms with Crippen LogP contribution < -0.4 is 5.32 Å². The number of aromatic nitrogens is 1. The number of rotatable bonds is 3. The van der Waals surface area contributed by atoms with E-state index in [9.17, 15) is 0 Å². The second-order valence-corrected chi connectivity index (χ2v) is 5.12. The maximum absolute atomic E-state index is 5.93. The minimum atomic E-state index is 0.704. The molecule has 1 aromatic heterocycles. The molecular formula is C13H12BrClN2. The molecule has 2 nitrogen and oxygen atoms in total. The van der Waals surface area contributed by atoms with E-state index in [2.05, 4.69) is 26.2 Å². The van der Waals surface area contributed by atoms with Crippen molar-refractivity contribution in [3.05, 3.63) is 57.2 Å². The van der Waals surface area contributed by atoms with Gasteiger partial charge in [-0.25, -0.2) is 4.98 Å². The molecule has 1 N–H and O–H groups in total. The monoisotopic (exact) mass is 310 g/mol. The lowest BCUT2D eigenvalue weighted by Gasteiger charge is -2.08. The number of nitrogens with zero attached hydrogens (tertiary/aromatic N) is 1. The van der Waals surface area contributed by atoms with Crippen molar-refractivity contribution in [2.75, 3.05) is 5.32 Å². The SMILES string of the molecule is Cc1cnc(NCc2cccc(Cl)c2)c(Br)c1. The maximum Gasteiger partial charge on any atom is 0.140 e. The van der Waals surface area contributed by atoms with Crippen molar-refractivity contribution in [3.8, 4) is 0 Å². The molecule has 0 atom stereocenters. The van der Waals surface area contributed by atoms with Gasteiger partial charge in [-0.1, -0.05) is 23.7 Å². The van der Waals surface area contributed by atoms with Crippen LogP contribution in [0.2, 0.25) is 5.02 Å². The summed E-state index contributed by atoms with van der Waals surface area (Å²) in [6.45, 7) is 2.72. The summed E-state index contributed by atoms with van der Waals surface area (Å²) in [6, 6.07) is 9.81. The molecular weight excluding hydrogens is 300 g/mol. The van der Waals surface area contributed by atoms with Crippen LogP contribution in [0.5, 0.6) is 0 Å². The third kappa shape index (κ3) is 3.45. The Morgan fingerprint density at radius 1 is 1.35 bits per heavy atom. The van der Waals surface area contributed by atoms with Gasteiger partial charge < -0.3 is 5.32 Å². The molecule has 2 aromatic rings. The Balaban J connectivity index is 2.07. The molecule has 0 aliphatic rings. The Bertz CT molecular complexity index is 529. The lowest BCUT2D eigenvalue weighted by atomic mass is 10.2. The first-order valence-electron chi connectivity index (χ1n) is 5.25. The lowest BCUT2D eigenvalue weighted by Crippen LogP contribution is -2.02. The van der Waals surface area contributed by atoms with Gasteiger partial charge in [0.05, 0.1) is 4.47 Å². The first kappa shape index (κ1) is 12.4. The van der Waals surface area contributed by atoms with Crippen molar-refractivity contribution in [1.82, 2.24) is 4.98 Å². The van der Waals surface area contributed by atoms with Crippen LogP contribution >= 0.6 is 27.5 Å². The molecule has 0 aliphatic heterocycles.